The average Bonchev–Trinajstić information content (AvgIpc) is 3.01. The SMILES string of the molecule is c1ccc(CCc2nc(CNC3CCOCC3)cs2)cc1. The zero-order valence-corrected chi connectivity index (χ0v) is 13.1. The van der Waals surface area contributed by atoms with Crippen molar-refractivity contribution in [1.29, 1.82) is 0 Å². The smallest absolute Gasteiger partial charge is 0.0932 e. The van der Waals surface area contributed by atoms with Gasteiger partial charge in [0, 0.05) is 37.6 Å². The largest absolute Gasteiger partial charge is 0.381 e. The predicted molar refractivity (Wildman–Crippen MR) is 86.6 cm³/mol. The number of ether oxygens (including phenoxy) is 1. The second kappa shape index (κ2) is 7.69. The molecule has 0 spiro atoms. The van der Waals surface area contributed by atoms with Crippen LogP contribution < -0.4 is 5.32 Å². The monoisotopic (exact) mass is 302 g/mol. The second-order valence-corrected chi connectivity index (χ2v) is 6.43. The normalized spacial score (nSPS) is 16.2. The molecule has 0 saturated carbocycles. The van der Waals surface area contributed by atoms with Crippen LogP contribution in [0.5, 0.6) is 0 Å². The lowest BCUT2D eigenvalue weighted by molar-refractivity contribution is 0.0775. The van der Waals surface area contributed by atoms with Gasteiger partial charge in [0.25, 0.3) is 0 Å². The Bertz CT molecular complexity index is 535. The van der Waals surface area contributed by atoms with Crippen molar-refractivity contribution in [2.24, 2.45) is 0 Å². The molecule has 0 unspecified atom stereocenters. The third-order valence-electron chi connectivity index (χ3n) is 3.86. The highest BCUT2D eigenvalue weighted by Gasteiger charge is 2.13. The Kier molecular flexibility index (Phi) is 5.38. The Morgan fingerprint density at radius 1 is 1.14 bits per heavy atom. The van der Waals surface area contributed by atoms with E-state index in [-0.39, 0.29) is 0 Å². The second-order valence-electron chi connectivity index (χ2n) is 5.49. The lowest BCUT2D eigenvalue weighted by Gasteiger charge is -2.22. The molecule has 3 rings (SSSR count). The molecule has 21 heavy (non-hydrogen) atoms. The summed E-state index contributed by atoms with van der Waals surface area (Å²) in [6.45, 7) is 2.65. The van der Waals surface area contributed by atoms with E-state index in [4.69, 9.17) is 9.72 Å². The summed E-state index contributed by atoms with van der Waals surface area (Å²) in [5.74, 6) is 0. The van der Waals surface area contributed by atoms with E-state index in [1.165, 1.54) is 16.3 Å². The van der Waals surface area contributed by atoms with Crippen LogP contribution in [0.2, 0.25) is 0 Å². The number of hydrogen-bond acceptors (Lipinski definition) is 4. The standard InChI is InChI=1S/C17H22N2OS/c1-2-4-14(5-3-1)6-7-17-19-16(13-21-17)12-18-15-8-10-20-11-9-15/h1-5,13,15,18H,6-12H2. The van der Waals surface area contributed by atoms with Crippen LogP contribution in [-0.4, -0.2) is 24.2 Å². The molecule has 2 aromatic rings. The summed E-state index contributed by atoms with van der Waals surface area (Å²) in [7, 11) is 0. The fourth-order valence-electron chi connectivity index (χ4n) is 2.59. The Morgan fingerprint density at radius 3 is 2.76 bits per heavy atom. The maximum absolute atomic E-state index is 5.38. The molecule has 0 amide bonds. The zero-order valence-electron chi connectivity index (χ0n) is 12.3. The summed E-state index contributed by atoms with van der Waals surface area (Å²) in [5.41, 5.74) is 2.56. The summed E-state index contributed by atoms with van der Waals surface area (Å²) < 4.78 is 5.38. The molecule has 1 aromatic heterocycles. The molecule has 1 aliphatic heterocycles. The molecule has 1 aromatic carbocycles. The Labute approximate surface area is 130 Å². The maximum Gasteiger partial charge on any atom is 0.0932 e. The Morgan fingerprint density at radius 2 is 1.95 bits per heavy atom. The molecule has 112 valence electrons. The van der Waals surface area contributed by atoms with E-state index in [0.717, 1.165) is 45.4 Å². The molecule has 0 aliphatic carbocycles. The summed E-state index contributed by atoms with van der Waals surface area (Å²) in [6.07, 6.45) is 4.34. The van der Waals surface area contributed by atoms with Crippen LogP contribution in [-0.2, 0) is 24.1 Å². The molecule has 1 aliphatic rings. The summed E-state index contributed by atoms with van der Waals surface area (Å²) >= 11 is 1.78. The summed E-state index contributed by atoms with van der Waals surface area (Å²) in [4.78, 5) is 4.73. The zero-order chi connectivity index (χ0) is 14.3. The van der Waals surface area contributed by atoms with Crippen molar-refractivity contribution in [2.75, 3.05) is 13.2 Å². The molecule has 0 radical (unpaired) electrons. The topological polar surface area (TPSA) is 34.2 Å². The lowest BCUT2D eigenvalue weighted by atomic mass is 10.1. The van der Waals surface area contributed by atoms with Gasteiger partial charge in [0.05, 0.1) is 10.7 Å². The van der Waals surface area contributed by atoms with Crippen LogP contribution in [0.15, 0.2) is 35.7 Å². The van der Waals surface area contributed by atoms with Gasteiger partial charge >= 0.3 is 0 Å². The molecule has 2 heterocycles. The fraction of sp³-hybridized carbons (Fsp3) is 0.471. The third-order valence-corrected chi connectivity index (χ3v) is 4.82. The molecule has 0 atom stereocenters. The van der Waals surface area contributed by atoms with E-state index in [9.17, 15) is 0 Å². The number of hydrogen-bond donors (Lipinski definition) is 1. The first kappa shape index (κ1) is 14.7. The van der Waals surface area contributed by atoms with Gasteiger partial charge in [0.15, 0.2) is 0 Å². The number of rotatable bonds is 6. The van der Waals surface area contributed by atoms with Gasteiger partial charge in [-0.2, -0.15) is 0 Å². The van der Waals surface area contributed by atoms with Gasteiger partial charge in [-0.25, -0.2) is 4.98 Å². The first-order valence-corrected chi connectivity index (χ1v) is 8.56. The van der Waals surface area contributed by atoms with E-state index in [1.807, 2.05) is 0 Å². The van der Waals surface area contributed by atoms with Crippen LogP contribution in [0.4, 0.5) is 0 Å². The minimum atomic E-state index is 0.591. The predicted octanol–water partition coefficient (Wildman–Crippen LogP) is 3.20. The molecule has 1 saturated heterocycles. The van der Waals surface area contributed by atoms with Crippen LogP contribution in [0.1, 0.15) is 29.1 Å². The number of nitrogens with zero attached hydrogens (tertiary/aromatic N) is 1. The van der Waals surface area contributed by atoms with Crippen LogP contribution >= 0.6 is 11.3 Å². The van der Waals surface area contributed by atoms with Crippen LogP contribution in [0.25, 0.3) is 0 Å². The Balaban J connectivity index is 1.45. The van der Waals surface area contributed by atoms with Gasteiger partial charge in [-0.1, -0.05) is 30.3 Å². The van der Waals surface area contributed by atoms with Crippen molar-refractivity contribution in [1.82, 2.24) is 10.3 Å². The molecular formula is C17H22N2OS. The third kappa shape index (κ3) is 4.63. The van der Waals surface area contributed by atoms with Crippen molar-refractivity contribution in [3.63, 3.8) is 0 Å². The number of thiazole rings is 1. The van der Waals surface area contributed by atoms with Gasteiger partial charge < -0.3 is 10.1 Å². The molecule has 3 nitrogen and oxygen atoms in total. The van der Waals surface area contributed by atoms with Gasteiger partial charge in [0.2, 0.25) is 0 Å². The molecule has 1 N–H and O–H groups in total. The van der Waals surface area contributed by atoms with Crippen LogP contribution in [0.3, 0.4) is 0 Å². The highest BCUT2D eigenvalue weighted by molar-refractivity contribution is 7.09. The first-order valence-electron chi connectivity index (χ1n) is 7.68. The quantitative estimate of drug-likeness (QED) is 0.890. The molecular weight excluding hydrogens is 280 g/mol. The van der Waals surface area contributed by atoms with E-state index in [1.54, 1.807) is 11.3 Å². The average molecular weight is 302 g/mol. The minimum absolute atomic E-state index is 0.591. The highest BCUT2D eigenvalue weighted by atomic mass is 32.1. The van der Waals surface area contributed by atoms with Crippen molar-refractivity contribution in [3.05, 3.63) is 52.0 Å². The first-order chi connectivity index (χ1) is 10.4. The van der Waals surface area contributed by atoms with Crippen molar-refractivity contribution in [3.8, 4) is 0 Å². The van der Waals surface area contributed by atoms with Gasteiger partial charge in [0.1, 0.15) is 0 Å². The highest BCUT2D eigenvalue weighted by Crippen LogP contribution is 2.14. The number of aromatic nitrogens is 1. The van der Waals surface area contributed by atoms with Crippen LogP contribution in [0, 0.1) is 0 Å². The minimum Gasteiger partial charge on any atom is -0.381 e. The summed E-state index contributed by atoms with van der Waals surface area (Å²) in [6, 6.07) is 11.2. The van der Waals surface area contributed by atoms with Crippen molar-refractivity contribution in [2.45, 2.75) is 38.3 Å². The molecule has 1 fully saturated rings. The van der Waals surface area contributed by atoms with Gasteiger partial charge in [-0.05, 0) is 24.8 Å². The number of nitrogens with one attached hydrogen (secondary N) is 1. The van der Waals surface area contributed by atoms with Gasteiger partial charge in [-0.15, -0.1) is 11.3 Å². The molecule has 4 heteroatoms. The van der Waals surface area contributed by atoms with Crippen molar-refractivity contribution < 1.29 is 4.74 Å². The van der Waals surface area contributed by atoms with E-state index >= 15 is 0 Å². The summed E-state index contributed by atoms with van der Waals surface area (Å²) in [5, 5.41) is 7.01. The lowest BCUT2D eigenvalue weighted by Crippen LogP contribution is -2.34. The van der Waals surface area contributed by atoms with E-state index in [0.29, 0.717) is 6.04 Å². The van der Waals surface area contributed by atoms with Crippen molar-refractivity contribution >= 4 is 11.3 Å². The Hall–Kier alpha value is -1.23. The number of aryl methyl sites for hydroxylation is 2. The van der Waals surface area contributed by atoms with E-state index < -0.39 is 0 Å². The maximum atomic E-state index is 5.38. The fourth-order valence-corrected chi connectivity index (χ4v) is 3.39. The van der Waals surface area contributed by atoms with E-state index in [2.05, 4.69) is 41.0 Å². The number of benzene rings is 1. The van der Waals surface area contributed by atoms with Gasteiger partial charge in [-0.3, -0.25) is 0 Å². The molecule has 0 bridgehead atoms.